The van der Waals surface area contributed by atoms with E-state index in [0.717, 1.165) is 31.7 Å². The molecule has 0 spiro atoms. The molecule has 0 bridgehead atoms. The molecule has 2 aliphatic rings. The summed E-state index contributed by atoms with van der Waals surface area (Å²) in [5.74, 6) is -1.48. The molecule has 1 amide bonds. The van der Waals surface area contributed by atoms with Crippen LogP contribution in [0.4, 0.5) is 8.78 Å². The summed E-state index contributed by atoms with van der Waals surface area (Å²) in [6.07, 6.45) is 4.12. The van der Waals surface area contributed by atoms with E-state index in [1.165, 1.54) is 11.5 Å². The van der Waals surface area contributed by atoms with E-state index in [1.54, 1.807) is 7.05 Å². The second kappa shape index (κ2) is 10.9. The molecule has 34 heavy (non-hydrogen) atoms. The Balaban J connectivity index is 1.38. The van der Waals surface area contributed by atoms with Crippen molar-refractivity contribution in [3.63, 3.8) is 0 Å². The normalized spacial score (nSPS) is 22.5. The number of benzene rings is 1. The van der Waals surface area contributed by atoms with E-state index in [4.69, 9.17) is 18.9 Å². The Morgan fingerprint density at radius 1 is 1.15 bits per heavy atom. The molecule has 1 atom stereocenters. The lowest BCUT2D eigenvalue weighted by molar-refractivity contribution is -0.120. The summed E-state index contributed by atoms with van der Waals surface area (Å²) in [4.78, 5) is 15.4. The number of hydrogen-bond donors (Lipinski definition) is 1. The molecule has 1 N–H and O–H groups in total. The number of aryl methyl sites for hydroxylation is 1. The maximum Gasteiger partial charge on any atom is 0.297 e. The van der Waals surface area contributed by atoms with E-state index in [2.05, 4.69) is 10.3 Å². The van der Waals surface area contributed by atoms with Crippen LogP contribution in [0.15, 0.2) is 6.07 Å². The number of ether oxygens (including phenoxy) is 4. The Labute approximate surface area is 197 Å². The van der Waals surface area contributed by atoms with Gasteiger partial charge in [-0.15, -0.1) is 0 Å². The smallest absolute Gasteiger partial charge is 0.297 e. The van der Waals surface area contributed by atoms with Gasteiger partial charge in [-0.1, -0.05) is 0 Å². The number of nitrogens with one attached hydrogen (secondary N) is 1. The lowest BCUT2D eigenvalue weighted by Crippen LogP contribution is -2.37. The SMILES string of the molecule is CC(=O)N[C@@H](C)COC1CCC(Oc2nc3c(F)cc(OC4CCOCC4)c(F)c3n2C)CC1. The van der Waals surface area contributed by atoms with Crippen LogP contribution >= 0.6 is 0 Å². The standard InChI is InChI=1S/C24H33F2N3O5/c1-14(27-15(2)30)13-32-16-4-6-17(7-5-16)34-24-28-22-19(25)12-20(21(26)23(22)29(24)3)33-18-8-10-31-11-9-18/h12,14,16-18H,4-11,13H2,1-3H3,(H,27,30)/t14-,16?,17?/m0/s1. The van der Waals surface area contributed by atoms with E-state index in [0.29, 0.717) is 32.7 Å². The minimum Gasteiger partial charge on any atom is -0.487 e. The zero-order chi connectivity index (χ0) is 24.2. The highest BCUT2D eigenvalue weighted by Crippen LogP contribution is 2.34. The number of imidazole rings is 1. The Kier molecular flexibility index (Phi) is 7.88. The average Bonchev–Trinajstić information content (AvgIpc) is 3.14. The maximum absolute atomic E-state index is 15.3. The van der Waals surface area contributed by atoms with Gasteiger partial charge in [0, 0.05) is 38.9 Å². The minimum absolute atomic E-state index is 0.0287. The molecule has 8 nitrogen and oxygen atoms in total. The van der Waals surface area contributed by atoms with Gasteiger partial charge in [0.15, 0.2) is 17.4 Å². The fourth-order valence-corrected chi connectivity index (χ4v) is 4.56. The number of hydrogen-bond acceptors (Lipinski definition) is 6. The fraction of sp³-hybridized carbons (Fsp3) is 0.667. The van der Waals surface area contributed by atoms with Crippen molar-refractivity contribution in [1.82, 2.24) is 14.9 Å². The number of nitrogens with zero attached hydrogens (tertiary/aromatic N) is 2. The summed E-state index contributed by atoms with van der Waals surface area (Å²) in [5.41, 5.74) is -0.0423. The Morgan fingerprint density at radius 2 is 1.79 bits per heavy atom. The lowest BCUT2D eigenvalue weighted by Gasteiger charge is -2.29. The molecule has 4 rings (SSSR count). The Bertz CT molecular complexity index is 1000. The molecule has 1 aliphatic carbocycles. The van der Waals surface area contributed by atoms with Crippen molar-refractivity contribution >= 4 is 16.9 Å². The molecule has 0 unspecified atom stereocenters. The van der Waals surface area contributed by atoms with Crippen molar-refractivity contribution in [2.24, 2.45) is 7.05 Å². The lowest BCUT2D eigenvalue weighted by atomic mass is 9.95. The zero-order valence-corrected chi connectivity index (χ0v) is 19.9. The molecule has 1 saturated carbocycles. The van der Waals surface area contributed by atoms with Gasteiger partial charge in [-0.05, 0) is 32.6 Å². The molecule has 2 aromatic rings. The number of aromatic nitrogens is 2. The number of rotatable bonds is 8. The summed E-state index contributed by atoms with van der Waals surface area (Å²) in [6, 6.07) is 1.20. The molecular formula is C24H33F2N3O5. The highest BCUT2D eigenvalue weighted by atomic mass is 19.1. The van der Waals surface area contributed by atoms with Crippen LogP contribution in [0.3, 0.4) is 0 Å². The molecule has 10 heteroatoms. The second-order valence-corrected chi connectivity index (χ2v) is 9.20. The van der Waals surface area contributed by atoms with Gasteiger partial charge in [0.25, 0.3) is 6.01 Å². The number of amides is 1. The van der Waals surface area contributed by atoms with Gasteiger partial charge in [0.05, 0.1) is 25.9 Å². The van der Waals surface area contributed by atoms with Crippen LogP contribution in [0.25, 0.3) is 11.0 Å². The quantitative estimate of drug-likeness (QED) is 0.620. The summed E-state index contributed by atoms with van der Waals surface area (Å²) < 4.78 is 54.5. The summed E-state index contributed by atoms with van der Waals surface area (Å²) in [6.45, 7) is 4.93. The van der Waals surface area contributed by atoms with E-state index < -0.39 is 11.6 Å². The van der Waals surface area contributed by atoms with Crippen LogP contribution in [0, 0.1) is 11.6 Å². The third-order valence-corrected chi connectivity index (χ3v) is 6.35. The fourth-order valence-electron chi connectivity index (χ4n) is 4.56. The molecule has 2 heterocycles. The first-order chi connectivity index (χ1) is 16.3. The van der Waals surface area contributed by atoms with E-state index in [1.807, 2.05) is 6.92 Å². The van der Waals surface area contributed by atoms with Gasteiger partial charge < -0.3 is 24.3 Å². The van der Waals surface area contributed by atoms with Crippen LogP contribution < -0.4 is 14.8 Å². The monoisotopic (exact) mass is 481 g/mol. The van der Waals surface area contributed by atoms with Crippen LogP contribution in [-0.4, -0.2) is 59.6 Å². The van der Waals surface area contributed by atoms with Crippen molar-refractivity contribution in [1.29, 1.82) is 0 Å². The van der Waals surface area contributed by atoms with Gasteiger partial charge >= 0.3 is 0 Å². The minimum atomic E-state index is -0.644. The number of halogens is 2. The zero-order valence-electron chi connectivity index (χ0n) is 19.9. The highest BCUT2D eigenvalue weighted by molar-refractivity contribution is 5.80. The van der Waals surface area contributed by atoms with Gasteiger partial charge in [-0.3, -0.25) is 9.36 Å². The predicted molar refractivity (Wildman–Crippen MR) is 121 cm³/mol. The molecule has 1 aromatic carbocycles. The molecular weight excluding hydrogens is 448 g/mol. The van der Waals surface area contributed by atoms with Gasteiger partial charge in [-0.25, -0.2) is 8.78 Å². The van der Waals surface area contributed by atoms with Crippen molar-refractivity contribution in [2.45, 2.75) is 76.7 Å². The summed E-state index contributed by atoms with van der Waals surface area (Å²) in [7, 11) is 1.61. The van der Waals surface area contributed by atoms with Gasteiger partial charge in [-0.2, -0.15) is 4.98 Å². The summed E-state index contributed by atoms with van der Waals surface area (Å²) in [5, 5.41) is 2.80. The van der Waals surface area contributed by atoms with Crippen LogP contribution in [0.1, 0.15) is 52.4 Å². The number of fused-ring (bicyclic) bond motifs is 1. The number of carbonyl (C=O) groups is 1. The van der Waals surface area contributed by atoms with E-state index in [9.17, 15) is 9.18 Å². The maximum atomic E-state index is 15.3. The average molecular weight is 482 g/mol. The van der Waals surface area contributed by atoms with E-state index in [-0.39, 0.29) is 53.1 Å². The Hall–Kier alpha value is -2.46. The summed E-state index contributed by atoms with van der Waals surface area (Å²) >= 11 is 0. The molecule has 1 saturated heterocycles. The first-order valence-corrected chi connectivity index (χ1v) is 12.0. The largest absolute Gasteiger partial charge is 0.487 e. The highest BCUT2D eigenvalue weighted by Gasteiger charge is 2.28. The Morgan fingerprint density at radius 3 is 2.47 bits per heavy atom. The van der Waals surface area contributed by atoms with Crippen LogP contribution in [0.5, 0.6) is 11.8 Å². The third kappa shape index (κ3) is 5.78. The molecule has 1 aromatic heterocycles. The van der Waals surface area contributed by atoms with Crippen LogP contribution in [-0.2, 0) is 21.3 Å². The second-order valence-electron chi connectivity index (χ2n) is 9.20. The first-order valence-electron chi connectivity index (χ1n) is 12.0. The van der Waals surface area contributed by atoms with Crippen molar-refractivity contribution in [3.05, 3.63) is 17.7 Å². The molecule has 0 radical (unpaired) electrons. The third-order valence-electron chi connectivity index (χ3n) is 6.35. The van der Waals surface area contributed by atoms with Gasteiger partial charge in [0.2, 0.25) is 5.91 Å². The van der Waals surface area contributed by atoms with E-state index >= 15 is 4.39 Å². The molecule has 188 valence electrons. The molecule has 1 aliphatic heterocycles. The molecule has 2 fully saturated rings. The predicted octanol–water partition coefficient (Wildman–Crippen LogP) is 3.64. The van der Waals surface area contributed by atoms with Crippen molar-refractivity contribution in [2.75, 3.05) is 19.8 Å². The van der Waals surface area contributed by atoms with Crippen molar-refractivity contribution < 1.29 is 32.5 Å². The first kappa shape index (κ1) is 24.7. The topological polar surface area (TPSA) is 83.8 Å². The van der Waals surface area contributed by atoms with Crippen LogP contribution in [0.2, 0.25) is 0 Å². The number of carbonyl (C=O) groups excluding carboxylic acids is 1. The van der Waals surface area contributed by atoms with Crippen molar-refractivity contribution in [3.8, 4) is 11.8 Å². The van der Waals surface area contributed by atoms with Gasteiger partial charge in [0.1, 0.15) is 23.2 Å².